The van der Waals surface area contributed by atoms with Gasteiger partial charge in [-0.05, 0) is 49.5 Å². The van der Waals surface area contributed by atoms with Gasteiger partial charge in [-0.15, -0.1) is 0 Å². The van der Waals surface area contributed by atoms with Gasteiger partial charge in [-0.25, -0.2) is 35.8 Å². The Bertz CT molecular complexity index is 2150. The molecule has 4 rings (SSSR count). The number of aromatic nitrogens is 4. The van der Waals surface area contributed by atoms with Crippen LogP contribution in [0.5, 0.6) is 23.3 Å². The van der Waals surface area contributed by atoms with Crippen LogP contribution in [0.1, 0.15) is 40.9 Å². The maximum atomic E-state index is 14.8. The van der Waals surface area contributed by atoms with E-state index in [4.69, 9.17) is 18.9 Å². The number of ketones is 1. The fraction of sp³-hybridized carbons (Fsp3) is 0.364. The van der Waals surface area contributed by atoms with Crippen molar-refractivity contribution < 1.29 is 50.2 Å². The molecule has 0 fully saturated rings. The molecule has 0 aliphatic carbocycles. The zero-order chi connectivity index (χ0) is 38.9. The van der Waals surface area contributed by atoms with Gasteiger partial charge in [-0.1, -0.05) is 13.8 Å². The minimum absolute atomic E-state index is 0.0243. The SMILES string of the molecule is CCSC(=O)Oc1c(-c2cc(C(=O)c3cc(-c4cnn(C)c4OC(=O)SCC)c(S(C)(=O)=O)c(OC)c3C)c(C)c(OC)c2S(C)(=O)=O)cnn1C. The lowest BCUT2D eigenvalue weighted by Gasteiger charge is -2.21. The zero-order valence-electron chi connectivity index (χ0n) is 30.1. The van der Waals surface area contributed by atoms with Gasteiger partial charge in [0.2, 0.25) is 11.8 Å². The average Bonchev–Trinajstić information content (AvgIpc) is 3.60. The quantitative estimate of drug-likeness (QED) is 0.126. The monoisotopic (exact) mass is 794 g/mol. The van der Waals surface area contributed by atoms with Crippen molar-refractivity contribution >= 4 is 59.6 Å². The third kappa shape index (κ3) is 7.86. The van der Waals surface area contributed by atoms with E-state index in [-0.39, 0.29) is 77.6 Å². The largest absolute Gasteiger partial charge is 0.495 e. The van der Waals surface area contributed by atoms with Crippen molar-refractivity contribution in [3.05, 3.63) is 46.8 Å². The van der Waals surface area contributed by atoms with Gasteiger partial charge < -0.3 is 18.9 Å². The molecule has 0 aliphatic rings. The number of benzene rings is 2. The van der Waals surface area contributed by atoms with Crippen LogP contribution in [0, 0.1) is 13.8 Å². The predicted octanol–water partition coefficient (Wildman–Crippen LogP) is 5.66. The third-order valence-electron chi connectivity index (χ3n) is 7.84. The minimum Gasteiger partial charge on any atom is -0.495 e. The van der Waals surface area contributed by atoms with E-state index in [1.54, 1.807) is 13.8 Å². The summed E-state index contributed by atoms with van der Waals surface area (Å²) in [6, 6.07) is 2.68. The summed E-state index contributed by atoms with van der Waals surface area (Å²) in [7, 11) is -2.59. The second-order valence-corrected chi connectivity index (χ2v) is 17.6. The van der Waals surface area contributed by atoms with Crippen molar-refractivity contribution in [3.63, 3.8) is 0 Å². The van der Waals surface area contributed by atoms with Crippen molar-refractivity contribution in [1.29, 1.82) is 0 Å². The first-order valence-electron chi connectivity index (χ1n) is 15.4. The van der Waals surface area contributed by atoms with Crippen molar-refractivity contribution in [2.75, 3.05) is 38.2 Å². The molecule has 0 aliphatic heterocycles. The summed E-state index contributed by atoms with van der Waals surface area (Å²) in [5.74, 6) is -0.250. The minimum atomic E-state index is -4.06. The van der Waals surface area contributed by atoms with Gasteiger partial charge in [0.25, 0.3) is 0 Å². The molecule has 0 saturated carbocycles. The number of hydrogen-bond acceptors (Lipinski definition) is 15. The normalized spacial score (nSPS) is 11.7. The molecule has 0 spiro atoms. The highest BCUT2D eigenvalue weighted by Crippen LogP contribution is 2.46. The topological polar surface area (TPSA) is 192 Å². The number of methoxy groups -OCH3 is 2. The maximum Gasteiger partial charge on any atom is 0.374 e. The summed E-state index contributed by atoms with van der Waals surface area (Å²) >= 11 is 1.79. The van der Waals surface area contributed by atoms with Crippen molar-refractivity contribution in [2.24, 2.45) is 14.1 Å². The lowest BCUT2D eigenvalue weighted by Crippen LogP contribution is -2.14. The molecule has 15 nitrogen and oxygen atoms in total. The summed E-state index contributed by atoms with van der Waals surface area (Å²) in [6.45, 7) is 6.54. The number of carbonyl (C=O) groups is 3. The maximum absolute atomic E-state index is 14.8. The van der Waals surface area contributed by atoms with Crippen LogP contribution < -0.4 is 18.9 Å². The summed E-state index contributed by atoms with van der Waals surface area (Å²) < 4.78 is 78.3. The van der Waals surface area contributed by atoms with E-state index in [0.717, 1.165) is 36.0 Å². The van der Waals surface area contributed by atoms with Crippen molar-refractivity contribution in [1.82, 2.24) is 19.6 Å². The second-order valence-electron chi connectivity index (χ2n) is 11.3. The smallest absolute Gasteiger partial charge is 0.374 e. The van der Waals surface area contributed by atoms with Crippen molar-refractivity contribution in [2.45, 2.75) is 37.5 Å². The molecule has 0 unspecified atom stereocenters. The van der Waals surface area contributed by atoms with E-state index in [2.05, 4.69) is 10.2 Å². The second kappa shape index (κ2) is 15.7. The number of nitrogens with zero attached hydrogens (tertiary/aromatic N) is 4. The van der Waals surface area contributed by atoms with Gasteiger partial charge in [0, 0.05) is 71.5 Å². The molecule has 0 amide bonds. The first-order chi connectivity index (χ1) is 24.3. The van der Waals surface area contributed by atoms with Gasteiger partial charge >= 0.3 is 10.6 Å². The number of sulfone groups is 2. The van der Waals surface area contributed by atoms with Gasteiger partial charge in [0.05, 0.1) is 37.7 Å². The number of thioether (sulfide) groups is 2. The molecule has 0 bridgehead atoms. The Kier molecular flexibility index (Phi) is 12.2. The summed E-state index contributed by atoms with van der Waals surface area (Å²) in [4.78, 5) is 39.3. The van der Waals surface area contributed by atoms with Crippen LogP contribution in [0.3, 0.4) is 0 Å². The first kappa shape index (κ1) is 40.4. The summed E-state index contributed by atoms with van der Waals surface area (Å²) in [6.07, 6.45) is 4.57. The molecule has 19 heteroatoms. The van der Waals surface area contributed by atoms with E-state index >= 15 is 0 Å². The van der Waals surface area contributed by atoms with Gasteiger partial charge in [-0.3, -0.25) is 4.79 Å². The van der Waals surface area contributed by atoms with Crippen LogP contribution in [-0.2, 0) is 33.8 Å². The van der Waals surface area contributed by atoms with E-state index in [1.807, 2.05) is 0 Å². The molecule has 2 heterocycles. The van der Waals surface area contributed by atoms with Gasteiger partial charge in [0.1, 0.15) is 21.3 Å². The molecular formula is C33H38N4O11S4. The van der Waals surface area contributed by atoms with Crippen LogP contribution in [0.15, 0.2) is 34.3 Å². The van der Waals surface area contributed by atoms with Gasteiger partial charge in [0.15, 0.2) is 25.5 Å². The Balaban J connectivity index is 2.10. The van der Waals surface area contributed by atoms with Crippen LogP contribution in [0.2, 0.25) is 0 Å². The molecule has 0 atom stereocenters. The molecule has 0 saturated heterocycles. The van der Waals surface area contributed by atoms with Crippen molar-refractivity contribution in [3.8, 4) is 45.5 Å². The lowest BCUT2D eigenvalue weighted by molar-refractivity contribution is 0.103. The first-order valence-corrected chi connectivity index (χ1v) is 21.2. The number of hydrogen-bond donors (Lipinski definition) is 0. The summed E-state index contributed by atoms with van der Waals surface area (Å²) in [5.41, 5.74) is 0.383. The third-order valence-corrected chi connectivity index (χ3v) is 11.4. The van der Waals surface area contributed by atoms with E-state index in [1.165, 1.54) is 76.1 Å². The Labute approximate surface area is 310 Å². The molecule has 2 aromatic heterocycles. The van der Waals surface area contributed by atoms with Crippen LogP contribution in [0.4, 0.5) is 9.59 Å². The fourth-order valence-electron chi connectivity index (χ4n) is 5.63. The molecule has 4 aromatic rings. The number of rotatable bonds is 12. The molecule has 280 valence electrons. The zero-order valence-corrected chi connectivity index (χ0v) is 33.4. The van der Waals surface area contributed by atoms with Crippen LogP contribution in [-0.4, -0.2) is 91.0 Å². The fourth-order valence-corrected chi connectivity index (χ4v) is 8.66. The number of carbonyl (C=O) groups excluding carboxylic acids is 3. The summed E-state index contributed by atoms with van der Waals surface area (Å²) in [5, 5.41) is 7.07. The van der Waals surface area contributed by atoms with Crippen LogP contribution in [0.25, 0.3) is 22.3 Å². The predicted molar refractivity (Wildman–Crippen MR) is 198 cm³/mol. The molecule has 52 heavy (non-hydrogen) atoms. The lowest BCUT2D eigenvalue weighted by atomic mass is 9.90. The Morgan fingerprint density at radius 3 is 1.31 bits per heavy atom. The van der Waals surface area contributed by atoms with Crippen LogP contribution >= 0.6 is 23.5 Å². The Hall–Kier alpha value is -4.33. The standard InChI is InChI=1S/C33H38N4O11S4/c1-11-49-32(39)47-30-23(15-34-36(30)5)21-13-19(17(3)26(45-7)28(21)51(9,41)42)25(38)20-14-22(29(52(10,43)44)27(46-8)18(20)4)24-16-35-37(6)31(24)48-33(40)50-12-2/h13-16H,11-12H2,1-10H3. The van der Waals surface area contributed by atoms with E-state index in [9.17, 15) is 31.2 Å². The number of ether oxygens (including phenoxy) is 4. The molecular weight excluding hydrogens is 757 g/mol. The highest BCUT2D eigenvalue weighted by molar-refractivity contribution is 8.13. The Morgan fingerprint density at radius 2 is 1.02 bits per heavy atom. The molecule has 0 radical (unpaired) electrons. The Morgan fingerprint density at radius 1 is 0.673 bits per heavy atom. The number of aryl methyl sites for hydroxylation is 2. The van der Waals surface area contributed by atoms with E-state index < -0.39 is 36.1 Å². The highest BCUT2D eigenvalue weighted by Gasteiger charge is 2.34. The van der Waals surface area contributed by atoms with Gasteiger partial charge in [-0.2, -0.15) is 10.2 Å². The molecule has 0 N–H and O–H groups in total. The molecule has 2 aromatic carbocycles. The van der Waals surface area contributed by atoms with E-state index in [0.29, 0.717) is 11.5 Å². The highest BCUT2D eigenvalue weighted by atomic mass is 32.2. The average molecular weight is 795 g/mol.